The van der Waals surface area contributed by atoms with Crippen LogP contribution in [0.15, 0.2) is 200 Å². The summed E-state index contributed by atoms with van der Waals surface area (Å²) in [5.41, 5.74) is 7.18. The minimum absolute atomic E-state index is 0.234. The first-order valence-corrected chi connectivity index (χ1v) is 21.9. The van der Waals surface area contributed by atoms with Crippen molar-refractivity contribution in [3.8, 4) is 0 Å². The van der Waals surface area contributed by atoms with Crippen LogP contribution in [-0.2, 0) is 10.8 Å². The molecular weight excluding hydrogens is 667 g/mol. The number of benzene rings is 7. The molecule has 7 aromatic rings. The monoisotopic (exact) mass is 713 g/mol. The van der Waals surface area contributed by atoms with Gasteiger partial charge in [-0.05, 0) is 129 Å². The average Bonchev–Trinajstić information content (AvgIpc) is 3.23. The summed E-state index contributed by atoms with van der Waals surface area (Å²) in [5, 5.41) is 5.77. The van der Waals surface area contributed by atoms with Crippen molar-refractivity contribution >= 4 is 45.9 Å². The van der Waals surface area contributed by atoms with Gasteiger partial charge in [-0.15, -0.1) is 0 Å². The number of para-hydroxylation sites is 2. The molecule has 4 aliphatic carbocycles. The zero-order valence-electron chi connectivity index (χ0n) is 30.9. The summed E-state index contributed by atoms with van der Waals surface area (Å²) >= 11 is 0. The summed E-state index contributed by atoms with van der Waals surface area (Å²) in [6, 6.07) is 75.5. The lowest BCUT2D eigenvalue weighted by Crippen LogP contribution is -2.74. The smallest absolute Gasteiger partial charge is 0.179 e. The molecular formula is C52H47NSi. The van der Waals surface area contributed by atoms with E-state index in [4.69, 9.17) is 0 Å². The highest BCUT2D eigenvalue weighted by atomic mass is 28.3. The number of hydrogen-bond acceptors (Lipinski definition) is 1. The minimum atomic E-state index is -2.55. The minimum Gasteiger partial charge on any atom is -0.311 e. The first-order valence-electron chi connectivity index (χ1n) is 19.9. The predicted octanol–water partition coefficient (Wildman–Crippen LogP) is 10.3. The second-order valence-electron chi connectivity index (χ2n) is 16.5. The first kappa shape index (κ1) is 33.1. The van der Waals surface area contributed by atoms with Crippen molar-refractivity contribution in [2.45, 2.75) is 49.4 Å². The van der Waals surface area contributed by atoms with Crippen molar-refractivity contribution in [2.75, 3.05) is 4.90 Å². The van der Waals surface area contributed by atoms with E-state index < -0.39 is 8.07 Å². The van der Waals surface area contributed by atoms with Gasteiger partial charge in [-0.1, -0.05) is 164 Å². The molecule has 0 amide bonds. The Balaban J connectivity index is 1.02. The largest absolute Gasteiger partial charge is 0.311 e. The fourth-order valence-electron chi connectivity index (χ4n) is 11.6. The normalized spacial score (nSPS) is 22.9. The van der Waals surface area contributed by atoms with Gasteiger partial charge in [0.05, 0.1) is 0 Å². The molecule has 4 aliphatic rings. The van der Waals surface area contributed by atoms with Crippen molar-refractivity contribution in [3.05, 3.63) is 211 Å². The fraction of sp³-hybridized carbons (Fsp3) is 0.192. The third-order valence-electron chi connectivity index (χ3n) is 13.4. The van der Waals surface area contributed by atoms with Gasteiger partial charge in [-0.3, -0.25) is 0 Å². The van der Waals surface area contributed by atoms with Gasteiger partial charge < -0.3 is 4.90 Å². The molecule has 0 saturated heterocycles. The van der Waals surface area contributed by atoms with Crippen LogP contribution in [0.2, 0.25) is 0 Å². The Morgan fingerprint density at radius 1 is 0.352 bits per heavy atom. The molecule has 264 valence electrons. The number of hydrogen-bond donors (Lipinski definition) is 0. The second-order valence-corrected chi connectivity index (χ2v) is 20.3. The highest BCUT2D eigenvalue weighted by molar-refractivity contribution is 7.19. The van der Waals surface area contributed by atoms with Crippen molar-refractivity contribution in [2.24, 2.45) is 11.8 Å². The van der Waals surface area contributed by atoms with Crippen LogP contribution in [0.1, 0.15) is 49.7 Å². The Kier molecular flexibility index (Phi) is 8.25. The number of rotatable bonds is 9. The third-order valence-corrected chi connectivity index (χ3v) is 18.2. The van der Waals surface area contributed by atoms with Crippen molar-refractivity contribution in [1.82, 2.24) is 0 Å². The molecule has 2 unspecified atom stereocenters. The van der Waals surface area contributed by atoms with Crippen LogP contribution in [0, 0.1) is 11.8 Å². The lowest BCUT2D eigenvalue weighted by atomic mass is 9.42. The number of anilines is 3. The molecule has 54 heavy (non-hydrogen) atoms. The molecule has 0 spiro atoms. The van der Waals surface area contributed by atoms with Gasteiger partial charge >= 0.3 is 0 Å². The van der Waals surface area contributed by atoms with Crippen LogP contribution >= 0.6 is 0 Å². The third kappa shape index (κ3) is 5.50. The van der Waals surface area contributed by atoms with Gasteiger partial charge in [-0.25, -0.2) is 0 Å². The standard InChI is InChI=1S/C52H47NSi/c1-6-16-44(17-7-1)53(45-18-8-2-9-19-45)46-30-26-42(27-31-46)51-35-40-34-41(36-51)38-52(37-40,39-51)43-28-32-50(33-29-43)54(47-20-10-3-11-21-47,48-22-12-4-13-23-48)49-24-14-5-15-25-49/h1-33,40-41H,34-39H2. The summed E-state index contributed by atoms with van der Waals surface area (Å²) in [4.78, 5) is 2.39. The van der Waals surface area contributed by atoms with Gasteiger partial charge in [0.15, 0.2) is 8.07 Å². The lowest BCUT2D eigenvalue weighted by Gasteiger charge is -2.63. The Morgan fingerprint density at radius 2 is 0.667 bits per heavy atom. The molecule has 0 aliphatic heterocycles. The molecule has 4 fully saturated rings. The summed E-state index contributed by atoms with van der Waals surface area (Å²) in [7, 11) is -2.55. The molecule has 2 heteroatoms. The van der Waals surface area contributed by atoms with Crippen molar-refractivity contribution in [3.63, 3.8) is 0 Å². The topological polar surface area (TPSA) is 3.24 Å². The molecule has 11 rings (SSSR count). The lowest BCUT2D eigenvalue weighted by molar-refractivity contribution is -0.0281. The van der Waals surface area contributed by atoms with E-state index >= 15 is 0 Å². The van der Waals surface area contributed by atoms with E-state index in [1.807, 2.05) is 0 Å². The Morgan fingerprint density at radius 3 is 1.06 bits per heavy atom. The quantitative estimate of drug-likeness (QED) is 0.106. The van der Waals surface area contributed by atoms with Crippen molar-refractivity contribution in [1.29, 1.82) is 0 Å². The molecule has 4 bridgehead atoms. The maximum atomic E-state index is 2.56. The fourth-order valence-corrected chi connectivity index (χ4v) is 16.4. The van der Waals surface area contributed by atoms with Gasteiger partial charge in [0.25, 0.3) is 0 Å². The molecule has 4 saturated carbocycles. The summed E-state index contributed by atoms with van der Waals surface area (Å²) in [6.07, 6.45) is 7.98. The van der Waals surface area contributed by atoms with Crippen LogP contribution in [0.5, 0.6) is 0 Å². The summed E-state index contributed by atoms with van der Waals surface area (Å²) < 4.78 is 0. The maximum absolute atomic E-state index is 2.56. The van der Waals surface area contributed by atoms with Gasteiger partial charge in [0.1, 0.15) is 0 Å². The van der Waals surface area contributed by atoms with E-state index in [-0.39, 0.29) is 10.8 Å². The second kappa shape index (κ2) is 13.4. The van der Waals surface area contributed by atoms with Crippen molar-refractivity contribution < 1.29 is 0 Å². The number of nitrogens with zero attached hydrogens (tertiary/aromatic N) is 1. The molecule has 0 N–H and O–H groups in total. The highest BCUT2D eigenvalue weighted by Crippen LogP contribution is 2.66. The van der Waals surface area contributed by atoms with E-state index in [1.54, 1.807) is 11.1 Å². The van der Waals surface area contributed by atoms with E-state index in [9.17, 15) is 0 Å². The van der Waals surface area contributed by atoms with Crippen LogP contribution in [0.25, 0.3) is 0 Å². The van der Waals surface area contributed by atoms with Crippen LogP contribution < -0.4 is 25.6 Å². The predicted molar refractivity (Wildman–Crippen MR) is 229 cm³/mol. The highest BCUT2D eigenvalue weighted by Gasteiger charge is 2.58. The molecule has 1 nitrogen and oxygen atoms in total. The molecule has 2 atom stereocenters. The Hall–Kier alpha value is -5.44. The molecule has 7 aromatic carbocycles. The first-order chi connectivity index (χ1) is 26.7. The Bertz CT molecular complexity index is 2170. The molecule has 0 heterocycles. The van der Waals surface area contributed by atoms with Gasteiger partial charge in [-0.2, -0.15) is 0 Å². The van der Waals surface area contributed by atoms with E-state index in [0.717, 1.165) is 11.8 Å². The van der Waals surface area contributed by atoms with E-state index in [0.29, 0.717) is 0 Å². The molecule has 0 aromatic heterocycles. The zero-order valence-corrected chi connectivity index (χ0v) is 31.9. The maximum Gasteiger partial charge on any atom is 0.179 e. The molecule has 0 radical (unpaired) electrons. The van der Waals surface area contributed by atoms with Crippen LogP contribution in [0.3, 0.4) is 0 Å². The zero-order chi connectivity index (χ0) is 36.0. The average molecular weight is 714 g/mol. The summed E-state index contributed by atoms with van der Waals surface area (Å²) in [5.74, 6) is 1.59. The van der Waals surface area contributed by atoms with Gasteiger partial charge in [0.2, 0.25) is 0 Å². The SMILES string of the molecule is c1ccc(N(c2ccccc2)c2ccc(C34CC5CC(C3)CC(c3ccc([Si](c6ccccc6)(c6ccccc6)c6ccccc6)cc3)(C5)C4)cc2)cc1. The van der Waals surface area contributed by atoms with E-state index in [1.165, 1.54) is 76.3 Å². The van der Waals surface area contributed by atoms with E-state index in [2.05, 4.69) is 205 Å². The van der Waals surface area contributed by atoms with Crippen LogP contribution in [0.4, 0.5) is 17.1 Å². The van der Waals surface area contributed by atoms with Gasteiger partial charge in [0, 0.05) is 17.1 Å². The van der Waals surface area contributed by atoms with Crippen LogP contribution in [-0.4, -0.2) is 8.07 Å². The summed E-state index contributed by atoms with van der Waals surface area (Å²) in [6.45, 7) is 0. The Labute approximate surface area is 322 Å².